The Morgan fingerprint density at radius 1 is 1.16 bits per heavy atom. The van der Waals surface area contributed by atoms with Crippen molar-refractivity contribution in [3.05, 3.63) is 63.6 Å². The van der Waals surface area contributed by atoms with Crippen LogP contribution >= 0.6 is 23.2 Å². The summed E-state index contributed by atoms with van der Waals surface area (Å²) in [6.45, 7) is 1.95. The number of para-hydroxylation sites is 1. The van der Waals surface area contributed by atoms with Gasteiger partial charge in [-0.3, -0.25) is 4.79 Å². The van der Waals surface area contributed by atoms with Gasteiger partial charge in [0.05, 0.1) is 15.8 Å². The number of carbonyl (C=O) groups is 1. The normalized spacial score (nSPS) is 15.1. The molecule has 0 spiro atoms. The van der Waals surface area contributed by atoms with Crippen LogP contribution in [0.15, 0.2) is 42.5 Å². The number of nitrogens with zero attached hydrogens (tertiary/aromatic N) is 1. The monoisotopic (exact) mass is 397 g/mol. The van der Waals surface area contributed by atoms with E-state index in [0.29, 0.717) is 22.2 Å². The second-order valence-electron chi connectivity index (χ2n) is 6.07. The molecular weight excluding hydrogens is 381 g/mol. The first-order valence-corrected chi connectivity index (χ1v) is 10.3. The van der Waals surface area contributed by atoms with E-state index in [-0.39, 0.29) is 5.75 Å². The fourth-order valence-electron chi connectivity index (χ4n) is 2.93. The molecule has 0 N–H and O–H groups in total. The van der Waals surface area contributed by atoms with Crippen LogP contribution in [0.1, 0.15) is 18.1 Å². The van der Waals surface area contributed by atoms with Crippen molar-refractivity contribution in [1.82, 2.24) is 0 Å². The van der Waals surface area contributed by atoms with Crippen molar-refractivity contribution in [2.45, 2.75) is 24.3 Å². The van der Waals surface area contributed by atoms with Gasteiger partial charge in [0.1, 0.15) is 5.25 Å². The maximum atomic E-state index is 12.8. The van der Waals surface area contributed by atoms with E-state index in [1.807, 2.05) is 24.3 Å². The van der Waals surface area contributed by atoms with Crippen molar-refractivity contribution in [1.29, 1.82) is 0 Å². The highest BCUT2D eigenvalue weighted by molar-refractivity contribution is 7.92. The molecule has 1 amide bonds. The van der Waals surface area contributed by atoms with E-state index in [2.05, 4.69) is 0 Å². The molecule has 1 atom stereocenters. The number of amides is 1. The fraction of sp³-hybridized carbons (Fsp3) is 0.278. The van der Waals surface area contributed by atoms with Gasteiger partial charge >= 0.3 is 0 Å². The van der Waals surface area contributed by atoms with E-state index in [9.17, 15) is 13.2 Å². The van der Waals surface area contributed by atoms with Gasteiger partial charge < -0.3 is 4.90 Å². The van der Waals surface area contributed by atoms with Gasteiger partial charge in [-0.25, -0.2) is 8.42 Å². The first-order valence-electron chi connectivity index (χ1n) is 7.84. The molecule has 0 aliphatic carbocycles. The lowest BCUT2D eigenvalue weighted by Crippen LogP contribution is -2.41. The van der Waals surface area contributed by atoms with Gasteiger partial charge in [0, 0.05) is 12.2 Å². The van der Waals surface area contributed by atoms with Crippen LogP contribution in [0.2, 0.25) is 10.0 Å². The molecule has 0 saturated carbocycles. The van der Waals surface area contributed by atoms with Gasteiger partial charge in [-0.05, 0) is 42.7 Å². The van der Waals surface area contributed by atoms with Crippen LogP contribution in [0.4, 0.5) is 5.69 Å². The zero-order chi connectivity index (χ0) is 18.2. The molecule has 0 radical (unpaired) electrons. The average Bonchev–Trinajstić information content (AvgIpc) is 3.00. The molecule has 2 aromatic carbocycles. The number of anilines is 1. The quantitative estimate of drug-likeness (QED) is 0.786. The Balaban J connectivity index is 1.80. The summed E-state index contributed by atoms with van der Waals surface area (Å²) < 4.78 is 25.4. The summed E-state index contributed by atoms with van der Waals surface area (Å²) >= 11 is 11.8. The minimum absolute atomic E-state index is 0.258. The highest BCUT2D eigenvalue weighted by Crippen LogP contribution is 2.29. The molecule has 3 rings (SSSR count). The smallest absolute Gasteiger partial charge is 0.245 e. The minimum Gasteiger partial charge on any atom is -0.311 e. The average molecular weight is 398 g/mol. The van der Waals surface area contributed by atoms with Crippen LogP contribution in [0.5, 0.6) is 0 Å². The number of hydrogen-bond donors (Lipinski definition) is 0. The van der Waals surface area contributed by atoms with Crippen molar-refractivity contribution in [3.8, 4) is 0 Å². The second kappa shape index (κ2) is 6.98. The van der Waals surface area contributed by atoms with Gasteiger partial charge in [0.25, 0.3) is 0 Å². The van der Waals surface area contributed by atoms with E-state index in [1.54, 1.807) is 17.0 Å². The summed E-state index contributed by atoms with van der Waals surface area (Å²) in [5, 5.41) is -0.476. The summed E-state index contributed by atoms with van der Waals surface area (Å²) in [4.78, 5) is 14.3. The third-order valence-corrected chi connectivity index (χ3v) is 7.15. The molecule has 0 bridgehead atoms. The lowest BCUT2D eigenvalue weighted by atomic mass is 10.2. The summed E-state index contributed by atoms with van der Waals surface area (Å²) in [6.07, 6.45) is 0.738. The number of halogens is 2. The molecule has 2 aromatic rings. The molecule has 1 unspecified atom stereocenters. The highest BCUT2D eigenvalue weighted by atomic mass is 35.5. The third kappa shape index (κ3) is 3.68. The second-order valence-corrected chi connectivity index (χ2v) is 9.20. The Labute approximate surface area is 157 Å². The first-order chi connectivity index (χ1) is 11.8. The molecule has 7 heteroatoms. The summed E-state index contributed by atoms with van der Waals surface area (Å²) in [7, 11) is -3.68. The Morgan fingerprint density at radius 3 is 2.60 bits per heavy atom. The largest absolute Gasteiger partial charge is 0.311 e. The van der Waals surface area contributed by atoms with Gasteiger partial charge in [-0.15, -0.1) is 0 Å². The van der Waals surface area contributed by atoms with E-state index < -0.39 is 21.0 Å². The van der Waals surface area contributed by atoms with E-state index in [0.717, 1.165) is 17.7 Å². The molecule has 1 aliphatic heterocycles. The molecule has 25 heavy (non-hydrogen) atoms. The predicted octanol–water partition coefficient (Wildman–Crippen LogP) is 3.89. The Kier molecular flexibility index (Phi) is 5.09. The molecule has 132 valence electrons. The van der Waals surface area contributed by atoms with Gasteiger partial charge in [0.2, 0.25) is 5.91 Å². The van der Waals surface area contributed by atoms with Crippen molar-refractivity contribution in [3.63, 3.8) is 0 Å². The van der Waals surface area contributed by atoms with Crippen LogP contribution in [0.3, 0.4) is 0 Å². The van der Waals surface area contributed by atoms with Crippen molar-refractivity contribution in [2.75, 3.05) is 11.4 Å². The summed E-state index contributed by atoms with van der Waals surface area (Å²) in [5.74, 6) is -0.656. The topological polar surface area (TPSA) is 54.5 Å². The molecular formula is C18H17Cl2NO3S. The van der Waals surface area contributed by atoms with Crippen molar-refractivity contribution in [2.24, 2.45) is 0 Å². The molecule has 4 nitrogen and oxygen atoms in total. The lowest BCUT2D eigenvalue weighted by Gasteiger charge is -2.22. The van der Waals surface area contributed by atoms with Gasteiger partial charge in [-0.1, -0.05) is 47.5 Å². The number of fused-ring (bicyclic) bond motifs is 1. The predicted molar refractivity (Wildman–Crippen MR) is 101 cm³/mol. The number of sulfone groups is 1. The van der Waals surface area contributed by atoms with E-state index in [1.165, 1.54) is 13.0 Å². The lowest BCUT2D eigenvalue weighted by molar-refractivity contribution is -0.117. The number of carbonyl (C=O) groups excluding carboxylic acids is 1. The van der Waals surface area contributed by atoms with E-state index >= 15 is 0 Å². The Morgan fingerprint density at radius 2 is 1.88 bits per heavy atom. The van der Waals surface area contributed by atoms with Gasteiger partial charge in [0.15, 0.2) is 9.84 Å². The molecule has 0 fully saturated rings. The van der Waals surface area contributed by atoms with Crippen molar-refractivity contribution < 1.29 is 13.2 Å². The van der Waals surface area contributed by atoms with Crippen LogP contribution in [0.25, 0.3) is 0 Å². The maximum absolute atomic E-state index is 12.8. The zero-order valence-corrected chi connectivity index (χ0v) is 15.9. The van der Waals surface area contributed by atoms with Crippen LogP contribution in [0, 0.1) is 0 Å². The SMILES string of the molecule is CC(C(=O)N1CCc2ccccc21)S(=O)(=O)Cc1ccc(Cl)c(Cl)c1. The van der Waals surface area contributed by atoms with Crippen LogP contribution in [-0.2, 0) is 26.8 Å². The maximum Gasteiger partial charge on any atom is 0.245 e. The summed E-state index contributed by atoms with van der Waals surface area (Å²) in [5.41, 5.74) is 2.37. The highest BCUT2D eigenvalue weighted by Gasteiger charge is 2.34. The minimum atomic E-state index is -3.68. The Bertz CT molecular complexity index is 928. The summed E-state index contributed by atoms with van der Waals surface area (Å²) in [6, 6.07) is 12.2. The third-order valence-electron chi connectivity index (χ3n) is 4.39. The Hall–Kier alpha value is -1.56. The van der Waals surface area contributed by atoms with Crippen molar-refractivity contribution >= 4 is 44.6 Å². The zero-order valence-electron chi connectivity index (χ0n) is 13.6. The van der Waals surface area contributed by atoms with E-state index in [4.69, 9.17) is 23.2 Å². The van der Waals surface area contributed by atoms with Gasteiger partial charge in [-0.2, -0.15) is 0 Å². The number of hydrogen-bond acceptors (Lipinski definition) is 3. The number of benzene rings is 2. The first kappa shape index (κ1) is 18.2. The van der Waals surface area contributed by atoms with Crippen LogP contribution < -0.4 is 4.90 Å². The standard InChI is InChI=1S/C18H17Cl2NO3S/c1-12(18(22)21-9-8-14-4-2-3-5-17(14)21)25(23,24)11-13-6-7-15(19)16(20)10-13/h2-7,10,12H,8-9,11H2,1H3. The molecule has 0 aromatic heterocycles. The molecule has 1 aliphatic rings. The van der Waals surface area contributed by atoms with Crippen LogP contribution in [-0.4, -0.2) is 26.1 Å². The molecule has 1 heterocycles. The fourth-order valence-corrected chi connectivity index (χ4v) is 4.58. The molecule has 0 saturated heterocycles. The number of rotatable bonds is 4.